The number of hydrogen-bond donors (Lipinski definition) is 2. The molecule has 0 bridgehead atoms. The van der Waals surface area contributed by atoms with Crippen LogP contribution in [0.5, 0.6) is 0 Å². The number of carbonyl (C=O) groups is 1. The number of imidazole rings is 1. The van der Waals surface area contributed by atoms with Gasteiger partial charge in [-0.3, -0.25) is 4.79 Å². The molecule has 0 radical (unpaired) electrons. The van der Waals surface area contributed by atoms with Gasteiger partial charge in [-0.1, -0.05) is 0 Å². The van der Waals surface area contributed by atoms with Crippen LogP contribution in [0.4, 0.5) is 0 Å². The van der Waals surface area contributed by atoms with Crippen LogP contribution < -0.4 is 5.32 Å². The van der Waals surface area contributed by atoms with Gasteiger partial charge in [0.2, 0.25) is 5.91 Å². The van der Waals surface area contributed by atoms with Crippen molar-refractivity contribution in [2.75, 3.05) is 13.2 Å². The second-order valence-corrected chi connectivity index (χ2v) is 3.93. The fraction of sp³-hybridized carbons (Fsp3) is 0.636. The van der Waals surface area contributed by atoms with Crippen LogP contribution in [0.25, 0.3) is 0 Å². The lowest BCUT2D eigenvalue weighted by atomic mass is 10.2. The van der Waals surface area contributed by atoms with Crippen LogP contribution in [0.1, 0.15) is 25.1 Å². The van der Waals surface area contributed by atoms with Crippen molar-refractivity contribution in [3.63, 3.8) is 0 Å². The summed E-state index contributed by atoms with van der Waals surface area (Å²) in [6.45, 7) is 1.39. The maximum absolute atomic E-state index is 11.5. The molecule has 5 heteroatoms. The van der Waals surface area contributed by atoms with E-state index in [9.17, 15) is 4.79 Å². The number of aryl methyl sites for hydroxylation is 1. The van der Waals surface area contributed by atoms with E-state index < -0.39 is 0 Å². The van der Waals surface area contributed by atoms with E-state index in [0.717, 1.165) is 31.5 Å². The molecular weight excluding hydrogens is 206 g/mol. The topological polar surface area (TPSA) is 67.0 Å². The first kappa shape index (κ1) is 11.1. The molecular formula is C11H17N3O2. The minimum atomic E-state index is -0.219. The predicted octanol–water partition coefficient (Wildman–Crippen LogP) is 0.637. The molecule has 0 aliphatic carbocycles. The van der Waals surface area contributed by atoms with Crippen LogP contribution >= 0.6 is 0 Å². The van der Waals surface area contributed by atoms with E-state index in [2.05, 4.69) is 15.3 Å². The summed E-state index contributed by atoms with van der Waals surface area (Å²) >= 11 is 0. The van der Waals surface area contributed by atoms with Crippen molar-refractivity contribution < 1.29 is 9.53 Å². The van der Waals surface area contributed by atoms with Crippen molar-refractivity contribution in [3.05, 3.63) is 18.2 Å². The number of rotatable bonds is 5. The standard InChI is InChI=1S/C11H17N3O2/c15-11(9-3-2-8-16-9)14-5-1-4-10-12-6-7-13-10/h6-7,9H,1-5,8H2,(H,12,13)(H,14,15)/t9-/m0/s1. The highest BCUT2D eigenvalue weighted by atomic mass is 16.5. The molecule has 1 aliphatic rings. The number of amides is 1. The molecule has 0 spiro atoms. The highest BCUT2D eigenvalue weighted by Gasteiger charge is 2.22. The third-order valence-electron chi connectivity index (χ3n) is 2.67. The second-order valence-electron chi connectivity index (χ2n) is 3.93. The first-order valence-electron chi connectivity index (χ1n) is 5.74. The van der Waals surface area contributed by atoms with E-state index >= 15 is 0 Å². The van der Waals surface area contributed by atoms with Gasteiger partial charge in [-0.05, 0) is 19.3 Å². The monoisotopic (exact) mass is 223 g/mol. The summed E-state index contributed by atoms with van der Waals surface area (Å²) in [5.41, 5.74) is 0. The van der Waals surface area contributed by atoms with Crippen molar-refractivity contribution in [1.29, 1.82) is 0 Å². The lowest BCUT2D eigenvalue weighted by Gasteiger charge is -2.09. The van der Waals surface area contributed by atoms with Crippen molar-refractivity contribution in [3.8, 4) is 0 Å². The van der Waals surface area contributed by atoms with Crippen LogP contribution in [-0.2, 0) is 16.0 Å². The van der Waals surface area contributed by atoms with Crippen LogP contribution in [0.2, 0.25) is 0 Å². The Balaban J connectivity index is 1.59. The van der Waals surface area contributed by atoms with Crippen molar-refractivity contribution in [1.82, 2.24) is 15.3 Å². The number of nitrogens with one attached hydrogen (secondary N) is 2. The maximum Gasteiger partial charge on any atom is 0.249 e. The molecule has 0 saturated carbocycles. The summed E-state index contributed by atoms with van der Waals surface area (Å²) in [6.07, 6.45) is 6.92. The van der Waals surface area contributed by atoms with Gasteiger partial charge in [-0.25, -0.2) is 4.98 Å². The zero-order chi connectivity index (χ0) is 11.2. The normalized spacial score (nSPS) is 19.9. The van der Waals surface area contributed by atoms with Gasteiger partial charge in [0.1, 0.15) is 11.9 Å². The van der Waals surface area contributed by atoms with E-state index in [-0.39, 0.29) is 12.0 Å². The lowest BCUT2D eigenvalue weighted by Crippen LogP contribution is -2.34. The van der Waals surface area contributed by atoms with Gasteiger partial charge in [-0.2, -0.15) is 0 Å². The summed E-state index contributed by atoms with van der Waals surface area (Å²) in [5, 5.41) is 2.88. The fourth-order valence-electron chi connectivity index (χ4n) is 1.80. The highest BCUT2D eigenvalue weighted by molar-refractivity contribution is 5.80. The number of aromatic nitrogens is 2. The molecule has 88 valence electrons. The highest BCUT2D eigenvalue weighted by Crippen LogP contribution is 2.11. The Morgan fingerprint density at radius 2 is 2.62 bits per heavy atom. The molecule has 1 amide bonds. The van der Waals surface area contributed by atoms with Gasteiger partial charge < -0.3 is 15.0 Å². The smallest absolute Gasteiger partial charge is 0.249 e. The van der Waals surface area contributed by atoms with Gasteiger partial charge >= 0.3 is 0 Å². The molecule has 5 nitrogen and oxygen atoms in total. The third-order valence-corrected chi connectivity index (χ3v) is 2.67. The number of hydrogen-bond acceptors (Lipinski definition) is 3. The average molecular weight is 223 g/mol. The molecule has 2 heterocycles. The van der Waals surface area contributed by atoms with E-state index in [0.29, 0.717) is 13.2 Å². The number of H-pyrrole nitrogens is 1. The summed E-state index contributed by atoms with van der Waals surface area (Å²) < 4.78 is 5.29. The van der Waals surface area contributed by atoms with E-state index in [1.165, 1.54) is 0 Å². The SMILES string of the molecule is O=C(NCCCc1ncc[nH]1)[C@@H]1CCCO1. The molecule has 1 aromatic heterocycles. The number of carbonyl (C=O) groups excluding carboxylic acids is 1. The number of nitrogens with zero attached hydrogens (tertiary/aromatic N) is 1. The Labute approximate surface area is 94.6 Å². The van der Waals surface area contributed by atoms with Crippen LogP contribution in [-0.4, -0.2) is 35.1 Å². The number of aromatic amines is 1. The third kappa shape index (κ3) is 3.06. The van der Waals surface area contributed by atoms with Gasteiger partial charge in [0.05, 0.1) is 0 Å². The van der Waals surface area contributed by atoms with Crippen molar-refractivity contribution in [2.45, 2.75) is 31.8 Å². The molecule has 0 aromatic carbocycles. The first-order chi connectivity index (χ1) is 7.86. The molecule has 1 aliphatic heterocycles. The van der Waals surface area contributed by atoms with Gasteiger partial charge in [0, 0.05) is 32.0 Å². The van der Waals surface area contributed by atoms with Crippen molar-refractivity contribution in [2.24, 2.45) is 0 Å². The Morgan fingerprint density at radius 1 is 1.69 bits per heavy atom. The lowest BCUT2D eigenvalue weighted by molar-refractivity contribution is -0.130. The van der Waals surface area contributed by atoms with E-state index in [1.54, 1.807) is 12.4 Å². The zero-order valence-corrected chi connectivity index (χ0v) is 9.24. The van der Waals surface area contributed by atoms with Gasteiger partial charge in [-0.15, -0.1) is 0 Å². The first-order valence-corrected chi connectivity index (χ1v) is 5.74. The van der Waals surface area contributed by atoms with Crippen LogP contribution in [0.15, 0.2) is 12.4 Å². The molecule has 0 unspecified atom stereocenters. The van der Waals surface area contributed by atoms with Crippen molar-refractivity contribution >= 4 is 5.91 Å². The summed E-state index contributed by atoms with van der Waals surface area (Å²) in [4.78, 5) is 18.7. The quantitative estimate of drug-likeness (QED) is 0.720. The summed E-state index contributed by atoms with van der Waals surface area (Å²) in [6, 6.07) is 0. The van der Waals surface area contributed by atoms with E-state index in [1.807, 2.05) is 0 Å². The molecule has 2 rings (SSSR count). The average Bonchev–Trinajstić information content (AvgIpc) is 2.96. The second kappa shape index (κ2) is 5.65. The Hall–Kier alpha value is -1.36. The Morgan fingerprint density at radius 3 is 3.31 bits per heavy atom. The number of ether oxygens (including phenoxy) is 1. The minimum absolute atomic E-state index is 0.0249. The summed E-state index contributed by atoms with van der Waals surface area (Å²) in [5.74, 6) is 0.989. The van der Waals surface area contributed by atoms with Crippen LogP contribution in [0, 0.1) is 0 Å². The maximum atomic E-state index is 11.5. The molecule has 1 aromatic rings. The molecule has 1 fully saturated rings. The Kier molecular flexibility index (Phi) is 3.93. The van der Waals surface area contributed by atoms with E-state index in [4.69, 9.17) is 4.74 Å². The molecule has 16 heavy (non-hydrogen) atoms. The van der Waals surface area contributed by atoms with Gasteiger partial charge in [0.25, 0.3) is 0 Å². The molecule has 2 N–H and O–H groups in total. The molecule has 1 atom stereocenters. The largest absolute Gasteiger partial charge is 0.368 e. The van der Waals surface area contributed by atoms with Crippen LogP contribution in [0.3, 0.4) is 0 Å². The predicted molar refractivity (Wildman–Crippen MR) is 58.9 cm³/mol. The molecule has 1 saturated heterocycles. The fourth-order valence-corrected chi connectivity index (χ4v) is 1.80. The Bertz CT molecular complexity index is 318. The zero-order valence-electron chi connectivity index (χ0n) is 9.24. The summed E-state index contributed by atoms with van der Waals surface area (Å²) in [7, 11) is 0. The minimum Gasteiger partial charge on any atom is -0.368 e. The van der Waals surface area contributed by atoms with Gasteiger partial charge in [0.15, 0.2) is 0 Å².